The minimum Gasteiger partial charge on any atom is -0.394 e. The van der Waals surface area contributed by atoms with Gasteiger partial charge in [-0.2, -0.15) is 0 Å². The van der Waals surface area contributed by atoms with E-state index in [4.69, 9.17) is 18.9 Å². The van der Waals surface area contributed by atoms with Crippen LogP contribution in [0.25, 0.3) is 0 Å². The molecule has 81 heavy (non-hydrogen) atoms. The summed E-state index contributed by atoms with van der Waals surface area (Å²) >= 11 is 0. The topological polar surface area (TPSA) is 228 Å². The van der Waals surface area contributed by atoms with E-state index in [2.05, 4.69) is 55.6 Å². The van der Waals surface area contributed by atoms with Crippen molar-refractivity contribution >= 4 is 5.91 Å². The monoisotopic (exact) mass is 1150 g/mol. The normalized spacial score (nSPS) is 24.4. The second-order valence-electron chi connectivity index (χ2n) is 23.6. The Morgan fingerprint density at radius 3 is 1.30 bits per heavy atom. The molecule has 0 saturated carbocycles. The van der Waals surface area contributed by atoms with Crippen LogP contribution in [0.2, 0.25) is 0 Å². The average molecular weight is 1150 g/mol. The molecule has 0 aromatic rings. The Labute approximate surface area is 493 Å². The zero-order valence-electron chi connectivity index (χ0n) is 51.3. The Hall–Kier alpha value is -2.05. The number of allylic oxidation sites excluding steroid dienone is 7. The smallest absolute Gasteiger partial charge is 0.220 e. The molecule has 2 fully saturated rings. The first-order valence-electron chi connectivity index (χ1n) is 33.4. The van der Waals surface area contributed by atoms with E-state index in [0.29, 0.717) is 12.8 Å². The number of carbonyl (C=O) groups is 1. The molecule has 0 bridgehead atoms. The van der Waals surface area contributed by atoms with Gasteiger partial charge in [0.2, 0.25) is 5.91 Å². The van der Waals surface area contributed by atoms with E-state index in [0.717, 1.165) is 51.4 Å². The van der Waals surface area contributed by atoms with Crippen molar-refractivity contribution in [1.82, 2.24) is 5.32 Å². The van der Waals surface area contributed by atoms with Gasteiger partial charge in [0.05, 0.1) is 32.0 Å². The SMILES string of the molecule is CCCCCC/C=C\C/C=C\CCCCCCCCCC(=O)NC(COC1OC(CO)C(OC2OC(CO)C(O)C(O)C2O)C(O)C1O)C(O)/C=C/CC/C=C/CCCCCCCCCCCCCCCCCCCCCCCCC. The highest BCUT2D eigenvalue weighted by molar-refractivity contribution is 5.76. The molecule has 0 aromatic carbocycles. The zero-order chi connectivity index (χ0) is 58.8. The number of hydrogen-bond donors (Lipinski definition) is 9. The van der Waals surface area contributed by atoms with Crippen LogP contribution in [0, 0.1) is 0 Å². The van der Waals surface area contributed by atoms with Gasteiger partial charge in [0, 0.05) is 6.42 Å². The summed E-state index contributed by atoms with van der Waals surface area (Å²) in [5.74, 6) is -0.256. The van der Waals surface area contributed by atoms with Crippen molar-refractivity contribution in [3.05, 3.63) is 48.6 Å². The fourth-order valence-corrected chi connectivity index (χ4v) is 10.9. The molecule has 474 valence electrons. The highest BCUT2D eigenvalue weighted by Gasteiger charge is 2.51. The van der Waals surface area contributed by atoms with Gasteiger partial charge in [0.1, 0.15) is 48.8 Å². The molecule has 14 heteroatoms. The summed E-state index contributed by atoms with van der Waals surface area (Å²) in [5.41, 5.74) is 0. The highest BCUT2D eigenvalue weighted by Crippen LogP contribution is 2.30. The number of aliphatic hydroxyl groups is 8. The van der Waals surface area contributed by atoms with Crippen LogP contribution in [-0.4, -0.2) is 140 Å². The van der Waals surface area contributed by atoms with E-state index in [-0.39, 0.29) is 18.9 Å². The van der Waals surface area contributed by atoms with Gasteiger partial charge in [0.15, 0.2) is 12.6 Å². The molecule has 1 amide bonds. The molecule has 2 saturated heterocycles. The molecule has 2 rings (SSSR count). The lowest BCUT2D eigenvalue weighted by Crippen LogP contribution is -2.65. The van der Waals surface area contributed by atoms with Crippen molar-refractivity contribution in [2.45, 2.75) is 351 Å². The number of unbranched alkanes of at least 4 members (excludes halogenated alkanes) is 35. The molecule has 2 aliphatic heterocycles. The van der Waals surface area contributed by atoms with Gasteiger partial charge in [-0.25, -0.2) is 0 Å². The minimum atomic E-state index is -1.79. The van der Waals surface area contributed by atoms with Crippen LogP contribution in [0.5, 0.6) is 0 Å². The highest BCUT2D eigenvalue weighted by atomic mass is 16.7. The quantitative estimate of drug-likeness (QED) is 0.0204. The third-order valence-corrected chi connectivity index (χ3v) is 16.2. The number of carbonyl (C=O) groups excluding carboxylic acids is 1. The maximum atomic E-state index is 13.3. The third-order valence-electron chi connectivity index (χ3n) is 16.2. The van der Waals surface area contributed by atoms with Gasteiger partial charge in [-0.05, 0) is 64.2 Å². The maximum Gasteiger partial charge on any atom is 0.220 e. The number of hydrogen-bond acceptors (Lipinski definition) is 13. The lowest BCUT2D eigenvalue weighted by atomic mass is 9.97. The fraction of sp³-hybridized carbons (Fsp3) is 0.866. The molecule has 12 unspecified atom stereocenters. The Kier molecular flexibility index (Phi) is 48.5. The number of ether oxygens (including phenoxy) is 4. The summed E-state index contributed by atoms with van der Waals surface area (Å²) in [6, 6.07) is -0.938. The molecule has 14 nitrogen and oxygen atoms in total. The average Bonchev–Trinajstić information content (AvgIpc) is 3.62. The van der Waals surface area contributed by atoms with Crippen molar-refractivity contribution < 1.29 is 64.6 Å². The number of nitrogens with one attached hydrogen (secondary N) is 1. The van der Waals surface area contributed by atoms with E-state index in [1.54, 1.807) is 6.08 Å². The van der Waals surface area contributed by atoms with Crippen LogP contribution < -0.4 is 5.32 Å². The second-order valence-corrected chi connectivity index (χ2v) is 23.6. The number of amides is 1. The maximum absolute atomic E-state index is 13.3. The first-order chi connectivity index (χ1) is 39.6. The summed E-state index contributed by atoms with van der Waals surface area (Å²) in [4.78, 5) is 13.3. The minimum absolute atomic E-state index is 0.256. The van der Waals surface area contributed by atoms with E-state index in [1.165, 1.54) is 193 Å². The standard InChI is InChI=1S/C67H123NO13/c1-3-5-7-9-11-13-15-17-19-21-23-24-25-26-27-28-29-30-31-32-33-34-36-38-40-42-44-46-48-50-56(71)55(68-59(72)51-49-47-45-43-41-39-37-35-22-20-18-16-14-12-10-8-6-4-2)54-78-66-64(77)62(75)65(58(53-70)80-66)81-67-63(76)61(74)60(73)57(52-69)79-67/h14,16,20,22,40,42,48,50,55-58,60-67,69-71,73-77H,3-13,15,17-19,21,23-39,41,43-47,49,51-54H2,1-2H3,(H,68,72)/b16-14-,22-20-,42-40+,50-48+. The Balaban J connectivity index is 1.71. The van der Waals surface area contributed by atoms with Crippen LogP contribution in [0.4, 0.5) is 0 Å². The van der Waals surface area contributed by atoms with Gasteiger partial charge in [-0.15, -0.1) is 0 Å². The van der Waals surface area contributed by atoms with Gasteiger partial charge in [0.25, 0.3) is 0 Å². The molecule has 12 atom stereocenters. The molecule has 0 radical (unpaired) electrons. The fourth-order valence-electron chi connectivity index (χ4n) is 10.9. The van der Waals surface area contributed by atoms with Crippen molar-refractivity contribution in [2.24, 2.45) is 0 Å². The van der Waals surface area contributed by atoms with Crippen LogP contribution >= 0.6 is 0 Å². The molecule has 2 aliphatic rings. The molecule has 2 heterocycles. The van der Waals surface area contributed by atoms with E-state index in [9.17, 15) is 45.6 Å². The van der Waals surface area contributed by atoms with Crippen molar-refractivity contribution in [1.29, 1.82) is 0 Å². The molecule has 0 spiro atoms. The predicted octanol–water partition coefficient (Wildman–Crippen LogP) is 12.7. The summed E-state index contributed by atoms with van der Waals surface area (Å²) in [7, 11) is 0. The molecule has 0 aromatic heterocycles. The van der Waals surface area contributed by atoms with Crippen LogP contribution in [0.15, 0.2) is 48.6 Å². The van der Waals surface area contributed by atoms with E-state index < -0.39 is 86.8 Å². The number of rotatable bonds is 54. The summed E-state index contributed by atoms with van der Waals surface area (Å²) in [5, 5.41) is 87.3. The third kappa shape index (κ3) is 37.2. The summed E-state index contributed by atoms with van der Waals surface area (Å²) in [6.07, 6.45) is 50.2. The van der Waals surface area contributed by atoms with Crippen molar-refractivity contribution in [2.75, 3.05) is 19.8 Å². The van der Waals surface area contributed by atoms with Gasteiger partial charge in [-0.3, -0.25) is 4.79 Å². The van der Waals surface area contributed by atoms with Crippen molar-refractivity contribution in [3.8, 4) is 0 Å². The molecular formula is C67H123NO13. The molecular weight excluding hydrogens is 1030 g/mol. The van der Waals surface area contributed by atoms with Crippen LogP contribution in [0.3, 0.4) is 0 Å². The Bertz CT molecular complexity index is 1540. The van der Waals surface area contributed by atoms with Gasteiger partial charge in [-0.1, -0.05) is 255 Å². The Morgan fingerprint density at radius 2 is 0.827 bits per heavy atom. The van der Waals surface area contributed by atoms with Gasteiger partial charge < -0.3 is 65.1 Å². The first-order valence-corrected chi connectivity index (χ1v) is 33.4. The summed E-state index contributed by atoms with van der Waals surface area (Å²) < 4.78 is 22.8. The Morgan fingerprint density at radius 1 is 0.444 bits per heavy atom. The predicted molar refractivity (Wildman–Crippen MR) is 327 cm³/mol. The van der Waals surface area contributed by atoms with E-state index >= 15 is 0 Å². The van der Waals surface area contributed by atoms with Crippen molar-refractivity contribution in [3.63, 3.8) is 0 Å². The van der Waals surface area contributed by atoms with Gasteiger partial charge >= 0.3 is 0 Å². The summed E-state index contributed by atoms with van der Waals surface area (Å²) in [6.45, 7) is 2.78. The van der Waals surface area contributed by atoms with E-state index in [1.807, 2.05) is 6.08 Å². The molecule has 0 aliphatic carbocycles. The second kappa shape index (κ2) is 52.3. The number of aliphatic hydroxyl groups excluding tert-OH is 8. The lowest BCUT2D eigenvalue weighted by Gasteiger charge is -2.46. The lowest BCUT2D eigenvalue weighted by molar-refractivity contribution is -0.359. The van der Waals surface area contributed by atoms with Crippen LogP contribution in [0.1, 0.15) is 277 Å². The largest absolute Gasteiger partial charge is 0.394 e. The first kappa shape index (κ1) is 75.0. The zero-order valence-corrected chi connectivity index (χ0v) is 51.3. The van der Waals surface area contributed by atoms with Crippen LogP contribution in [-0.2, 0) is 23.7 Å². The molecule has 9 N–H and O–H groups in total.